The van der Waals surface area contributed by atoms with Crippen LogP contribution < -0.4 is 14.8 Å². The van der Waals surface area contributed by atoms with E-state index in [4.69, 9.17) is 18.9 Å². The molecule has 10 nitrogen and oxygen atoms in total. The summed E-state index contributed by atoms with van der Waals surface area (Å²) in [5, 5.41) is 2.68. The number of fused-ring (bicyclic) bond motifs is 1. The molecule has 0 aromatic heterocycles. The molecule has 0 radical (unpaired) electrons. The van der Waals surface area contributed by atoms with Crippen LogP contribution >= 0.6 is 0 Å². The molecule has 1 saturated heterocycles. The molecule has 1 amide bonds. The number of benzene rings is 3. The van der Waals surface area contributed by atoms with Crippen molar-refractivity contribution < 1.29 is 37.0 Å². The van der Waals surface area contributed by atoms with E-state index in [-0.39, 0.29) is 30.5 Å². The Morgan fingerprint density at radius 2 is 1.69 bits per heavy atom. The van der Waals surface area contributed by atoms with Gasteiger partial charge in [-0.3, -0.25) is 4.79 Å². The van der Waals surface area contributed by atoms with Crippen molar-refractivity contribution in [3.8, 4) is 11.5 Å². The highest BCUT2D eigenvalue weighted by atomic mass is 32.2. The van der Waals surface area contributed by atoms with Gasteiger partial charge in [-0.05, 0) is 42.0 Å². The lowest BCUT2D eigenvalue weighted by Gasteiger charge is -2.26. The topological polar surface area (TPSA) is 120 Å². The van der Waals surface area contributed by atoms with E-state index in [2.05, 4.69) is 5.32 Å². The van der Waals surface area contributed by atoms with Crippen molar-refractivity contribution in [3.05, 3.63) is 90.0 Å². The van der Waals surface area contributed by atoms with Gasteiger partial charge in [-0.25, -0.2) is 13.2 Å². The number of nitrogens with zero attached hydrogens (tertiary/aromatic N) is 1. The molecule has 5 rings (SSSR count). The number of hydrogen-bond acceptors (Lipinski definition) is 8. The van der Waals surface area contributed by atoms with E-state index in [9.17, 15) is 18.0 Å². The summed E-state index contributed by atoms with van der Waals surface area (Å²) in [5.74, 6) is -0.172. The van der Waals surface area contributed by atoms with E-state index in [1.807, 2.05) is 0 Å². The van der Waals surface area contributed by atoms with Crippen LogP contribution in [-0.2, 0) is 29.1 Å². The molecule has 11 heteroatoms. The second-order valence-electron chi connectivity index (χ2n) is 8.71. The van der Waals surface area contributed by atoms with Crippen molar-refractivity contribution >= 4 is 33.7 Å². The van der Waals surface area contributed by atoms with E-state index in [0.29, 0.717) is 35.8 Å². The van der Waals surface area contributed by atoms with Crippen LogP contribution in [0.4, 0.5) is 5.69 Å². The second-order valence-corrected chi connectivity index (χ2v) is 10.6. The number of morpholine rings is 1. The largest absolute Gasteiger partial charge is 0.454 e. The third kappa shape index (κ3) is 6.28. The molecular formula is C28H26N2O8S. The first-order chi connectivity index (χ1) is 18.9. The molecule has 1 fully saturated rings. The number of ether oxygens (including phenoxy) is 4. The van der Waals surface area contributed by atoms with Crippen LogP contribution in [-0.4, -0.2) is 57.7 Å². The first-order valence-electron chi connectivity index (χ1n) is 12.2. The zero-order chi connectivity index (χ0) is 27.2. The van der Waals surface area contributed by atoms with Gasteiger partial charge >= 0.3 is 5.97 Å². The molecule has 0 saturated carbocycles. The fourth-order valence-corrected chi connectivity index (χ4v) is 5.57. The normalized spacial score (nSPS) is 16.1. The average Bonchev–Trinajstić information content (AvgIpc) is 3.44. The maximum Gasteiger partial charge on any atom is 0.331 e. The number of hydrogen-bond donors (Lipinski definition) is 1. The first kappa shape index (κ1) is 26.4. The summed E-state index contributed by atoms with van der Waals surface area (Å²) < 4.78 is 48.9. The number of carbonyl (C=O) groups is 2. The molecule has 2 aliphatic heterocycles. The molecule has 3 aromatic rings. The van der Waals surface area contributed by atoms with Gasteiger partial charge in [0, 0.05) is 30.4 Å². The van der Waals surface area contributed by atoms with Crippen LogP contribution in [0.15, 0.2) is 83.8 Å². The molecule has 0 aliphatic carbocycles. The molecule has 2 aliphatic rings. The summed E-state index contributed by atoms with van der Waals surface area (Å²) in [4.78, 5) is 26.0. The molecule has 0 unspecified atom stereocenters. The summed E-state index contributed by atoms with van der Waals surface area (Å²) in [6.45, 7) is 1.29. The molecule has 0 bridgehead atoms. The number of carbonyl (C=O) groups excluding carboxylic acids is 2. The van der Waals surface area contributed by atoms with Crippen LogP contribution in [0.5, 0.6) is 11.5 Å². The Morgan fingerprint density at radius 1 is 0.923 bits per heavy atom. The van der Waals surface area contributed by atoms with E-state index in [1.54, 1.807) is 66.7 Å². The van der Waals surface area contributed by atoms with Crippen molar-refractivity contribution in [2.24, 2.45) is 0 Å². The zero-order valence-electron chi connectivity index (χ0n) is 20.8. The number of nitrogens with one attached hydrogen (secondary N) is 1. The summed E-state index contributed by atoms with van der Waals surface area (Å²) in [7, 11) is -3.76. The van der Waals surface area contributed by atoms with Crippen molar-refractivity contribution in [3.63, 3.8) is 0 Å². The molecule has 1 N–H and O–H groups in total. The van der Waals surface area contributed by atoms with Gasteiger partial charge in [-0.2, -0.15) is 4.31 Å². The van der Waals surface area contributed by atoms with Gasteiger partial charge < -0.3 is 24.3 Å². The Kier molecular flexibility index (Phi) is 7.92. The maximum atomic E-state index is 13.3. The monoisotopic (exact) mass is 550 g/mol. The Balaban J connectivity index is 1.31. The van der Waals surface area contributed by atoms with Crippen molar-refractivity contribution in [2.45, 2.75) is 11.0 Å². The average molecular weight is 551 g/mol. The van der Waals surface area contributed by atoms with Gasteiger partial charge in [-0.15, -0.1) is 0 Å². The van der Waals surface area contributed by atoms with E-state index in [0.717, 1.165) is 0 Å². The third-order valence-corrected chi connectivity index (χ3v) is 7.99. The molecule has 0 spiro atoms. The van der Waals surface area contributed by atoms with Crippen molar-refractivity contribution in [1.82, 2.24) is 4.31 Å². The fourth-order valence-electron chi connectivity index (χ4n) is 4.12. The van der Waals surface area contributed by atoms with Crippen LogP contribution in [0.1, 0.15) is 17.2 Å². The summed E-state index contributed by atoms with van der Waals surface area (Å²) in [5.41, 5.74) is 1.40. The number of anilines is 1. The van der Waals surface area contributed by atoms with Gasteiger partial charge in [-0.1, -0.05) is 42.5 Å². The lowest BCUT2D eigenvalue weighted by Crippen LogP contribution is -2.40. The number of amides is 1. The van der Waals surface area contributed by atoms with Gasteiger partial charge in [0.15, 0.2) is 11.5 Å². The lowest BCUT2D eigenvalue weighted by molar-refractivity contribution is -0.149. The third-order valence-electron chi connectivity index (χ3n) is 6.09. The Hall–Kier alpha value is -4.19. The number of sulfonamides is 1. The Labute approximate surface area is 225 Å². The molecule has 3 aromatic carbocycles. The first-order valence-corrected chi connectivity index (χ1v) is 13.7. The fraction of sp³-hybridized carbons (Fsp3) is 0.214. The highest BCUT2D eigenvalue weighted by molar-refractivity contribution is 7.89. The standard InChI is InChI=1S/C28H26N2O8S/c31-26(12-10-20-9-11-24-25(17-20)37-19-36-24)38-27(21-5-2-1-3-6-21)28(32)29-22-7-4-8-23(18-22)39(33,34)30-13-15-35-16-14-30/h1-12,17-18,27H,13-16,19H2,(H,29,32)/b12-10+/t27-/m0/s1. The molecule has 202 valence electrons. The quantitative estimate of drug-likeness (QED) is 0.335. The van der Waals surface area contributed by atoms with Gasteiger partial charge in [0.05, 0.1) is 18.1 Å². The summed E-state index contributed by atoms with van der Waals surface area (Å²) in [6.07, 6.45) is 1.49. The van der Waals surface area contributed by atoms with Gasteiger partial charge in [0.2, 0.25) is 22.9 Å². The maximum absolute atomic E-state index is 13.3. The Morgan fingerprint density at radius 3 is 2.49 bits per heavy atom. The Bertz CT molecular complexity index is 1480. The minimum absolute atomic E-state index is 0.0436. The smallest absolute Gasteiger partial charge is 0.331 e. The van der Waals surface area contributed by atoms with E-state index < -0.39 is 28.0 Å². The van der Waals surface area contributed by atoms with Crippen molar-refractivity contribution in [1.29, 1.82) is 0 Å². The predicted octanol–water partition coefficient (Wildman–Crippen LogP) is 3.37. The highest BCUT2D eigenvalue weighted by Crippen LogP contribution is 2.33. The van der Waals surface area contributed by atoms with E-state index in [1.165, 1.54) is 22.5 Å². The van der Waals surface area contributed by atoms with Crippen LogP contribution in [0.25, 0.3) is 6.08 Å². The number of rotatable bonds is 8. The molecular weight excluding hydrogens is 524 g/mol. The van der Waals surface area contributed by atoms with Gasteiger partial charge in [0.1, 0.15) is 0 Å². The van der Waals surface area contributed by atoms with Crippen molar-refractivity contribution in [2.75, 3.05) is 38.4 Å². The van der Waals surface area contributed by atoms with Crippen LogP contribution in [0.2, 0.25) is 0 Å². The SMILES string of the molecule is O=C(/C=C/c1ccc2c(c1)OCO2)O[C@H](C(=O)Nc1cccc(S(=O)(=O)N2CCOCC2)c1)c1ccccc1. The summed E-state index contributed by atoms with van der Waals surface area (Å²) in [6, 6.07) is 19.7. The minimum atomic E-state index is -3.76. The second kappa shape index (κ2) is 11.7. The van der Waals surface area contributed by atoms with Gasteiger partial charge in [0.25, 0.3) is 5.91 Å². The van der Waals surface area contributed by atoms with Crippen LogP contribution in [0.3, 0.4) is 0 Å². The number of esters is 1. The molecule has 2 heterocycles. The van der Waals surface area contributed by atoms with Crippen LogP contribution in [0, 0.1) is 0 Å². The predicted molar refractivity (Wildman–Crippen MR) is 142 cm³/mol. The molecule has 39 heavy (non-hydrogen) atoms. The lowest BCUT2D eigenvalue weighted by atomic mass is 10.1. The minimum Gasteiger partial charge on any atom is -0.454 e. The zero-order valence-corrected chi connectivity index (χ0v) is 21.6. The highest BCUT2D eigenvalue weighted by Gasteiger charge is 2.28. The van der Waals surface area contributed by atoms with E-state index >= 15 is 0 Å². The molecule has 1 atom stereocenters. The summed E-state index contributed by atoms with van der Waals surface area (Å²) >= 11 is 0.